The van der Waals surface area contributed by atoms with Gasteiger partial charge < -0.3 is 15.2 Å². The van der Waals surface area contributed by atoms with Gasteiger partial charge in [0.15, 0.2) is 0 Å². The molecule has 0 aliphatic heterocycles. The zero-order valence-electron chi connectivity index (χ0n) is 8.60. The Morgan fingerprint density at radius 3 is 2.19 bits per heavy atom. The summed E-state index contributed by atoms with van der Waals surface area (Å²) < 4.78 is 12.5. The lowest BCUT2D eigenvalue weighted by molar-refractivity contribution is 0.186. The predicted octanol–water partition coefficient (Wildman–Crippen LogP) is 1.19. The summed E-state index contributed by atoms with van der Waals surface area (Å²) >= 11 is 0. The van der Waals surface area contributed by atoms with Crippen molar-refractivity contribution in [2.24, 2.45) is 0 Å². The molecule has 0 spiro atoms. The van der Waals surface area contributed by atoms with Crippen molar-refractivity contribution in [1.29, 1.82) is 0 Å². The quantitative estimate of drug-likeness (QED) is 0.717. The van der Waals surface area contributed by atoms with Crippen molar-refractivity contribution >= 4 is 0 Å². The number of nitrogens with zero attached hydrogens (tertiary/aromatic N) is 1. The van der Waals surface area contributed by atoms with E-state index in [2.05, 4.69) is 9.97 Å². The molecule has 0 bridgehead atoms. The number of aliphatic hydroxyl groups is 2. The summed E-state index contributed by atoms with van der Waals surface area (Å²) in [5, 5.41) is 15.2. The lowest BCUT2D eigenvalue weighted by atomic mass is 10.2. The van der Waals surface area contributed by atoms with Gasteiger partial charge in [0.25, 0.3) is 0 Å². The molecular formula is C11H13FN2O2. The van der Waals surface area contributed by atoms with E-state index in [0.29, 0.717) is 0 Å². The highest BCUT2D eigenvalue weighted by Gasteiger charge is 1.97. The topological polar surface area (TPSA) is 69.1 Å². The van der Waals surface area contributed by atoms with Gasteiger partial charge in [0.2, 0.25) is 0 Å². The van der Waals surface area contributed by atoms with E-state index in [9.17, 15) is 4.39 Å². The maximum atomic E-state index is 12.5. The number of aliphatic hydroxyl groups excluding tert-OH is 2. The third-order valence-corrected chi connectivity index (χ3v) is 1.72. The van der Waals surface area contributed by atoms with Crippen LogP contribution in [0.5, 0.6) is 0 Å². The Hall–Kier alpha value is -1.72. The third-order valence-electron chi connectivity index (χ3n) is 1.72. The fourth-order valence-corrected chi connectivity index (χ4v) is 1.03. The molecule has 0 saturated carbocycles. The molecule has 4 nitrogen and oxygen atoms in total. The van der Waals surface area contributed by atoms with Gasteiger partial charge in [-0.3, -0.25) is 0 Å². The summed E-state index contributed by atoms with van der Waals surface area (Å²) in [5.41, 5.74) is 0.890. The molecule has 1 aromatic carbocycles. The Bertz CT molecular complexity index is 385. The molecule has 1 heterocycles. The number of aromatic nitrogens is 2. The minimum absolute atomic E-state index is 0.125. The fourth-order valence-electron chi connectivity index (χ4n) is 1.03. The summed E-state index contributed by atoms with van der Waals surface area (Å²) in [6, 6.07) is 6.21. The number of aromatic amines is 1. The summed E-state index contributed by atoms with van der Waals surface area (Å²) in [6.07, 6.45) is 3.40. The van der Waals surface area contributed by atoms with Gasteiger partial charge in [0.05, 0.1) is 13.2 Å². The number of nitrogens with one attached hydrogen (secondary N) is 1. The third kappa shape index (κ3) is 3.80. The number of halogens is 1. The molecule has 0 aliphatic carbocycles. The van der Waals surface area contributed by atoms with Crippen LogP contribution in [0.25, 0.3) is 11.4 Å². The van der Waals surface area contributed by atoms with E-state index < -0.39 is 0 Å². The van der Waals surface area contributed by atoms with E-state index in [4.69, 9.17) is 10.2 Å². The van der Waals surface area contributed by atoms with Gasteiger partial charge in [-0.2, -0.15) is 0 Å². The predicted molar refractivity (Wildman–Crippen MR) is 58.2 cm³/mol. The van der Waals surface area contributed by atoms with E-state index >= 15 is 0 Å². The molecule has 1 aromatic heterocycles. The number of hydrogen-bond acceptors (Lipinski definition) is 3. The van der Waals surface area contributed by atoms with Crippen LogP contribution in [0, 0.1) is 5.82 Å². The first-order valence-electron chi connectivity index (χ1n) is 4.75. The molecule has 0 amide bonds. The SMILES string of the molecule is Fc1ccc(-c2ncc[nH]2)cc1.OCCO. The van der Waals surface area contributed by atoms with E-state index in [-0.39, 0.29) is 19.0 Å². The molecule has 0 saturated heterocycles. The molecule has 16 heavy (non-hydrogen) atoms. The van der Waals surface area contributed by atoms with E-state index in [1.165, 1.54) is 12.1 Å². The van der Waals surface area contributed by atoms with Gasteiger partial charge in [0, 0.05) is 18.0 Å². The molecule has 0 unspecified atom stereocenters. The van der Waals surface area contributed by atoms with Crippen molar-refractivity contribution < 1.29 is 14.6 Å². The first-order valence-corrected chi connectivity index (χ1v) is 4.75. The Kier molecular flexibility index (Phi) is 5.18. The smallest absolute Gasteiger partial charge is 0.137 e. The van der Waals surface area contributed by atoms with Crippen LogP contribution in [0.2, 0.25) is 0 Å². The van der Waals surface area contributed by atoms with Gasteiger partial charge in [-0.05, 0) is 24.3 Å². The van der Waals surface area contributed by atoms with E-state index in [1.54, 1.807) is 24.5 Å². The average molecular weight is 224 g/mol. The maximum absolute atomic E-state index is 12.5. The first kappa shape index (κ1) is 12.4. The Balaban J connectivity index is 0.000000280. The highest BCUT2D eigenvalue weighted by atomic mass is 19.1. The molecule has 5 heteroatoms. The molecule has 2 rings (SSSR count). The van der Waals surface area contributed by atoms with Gasteiger partial charge in [-0.25, -0.2) is 9.37 Å². The molecule has 0 aliphatic rings. The normalized spacial score (nSPS) is 9.44. The molecule has 0 atom stereocenters. The van der Waals surface area contributed by atoms with Gasteiger partial charge >= 0.3 is 0 Å². The van der Waals surface area contributed by atoms with Crippen LogP contribution in [-0.4, -0.2) is 33.4 Å². The molecular weight excluding hydrogens is 211 g/mol. The lowest BCUT2D eigenvalue weighted by Crippen LogP contribution is -1.85. The second-order valence-electron chi connectivity index (χ2n) is 2.89. The van der Waals surface area contributed by atoms with E-state index in [0.717, 1.165) is 11.4 Å². The molecule has 2 aromatic rings. The van der Waals surface area contributed by atoms with Crippen molar-refractivity contribution in [1.82, 2.24) is 9.97 Å². The van der Waals surface area contributed by atoms with Gasteiger partial charge in [0.1, 0.15) is 11.6 Å². The number of imidazole rings is 1. The summed E-state index contributed by atoms with van der Waals surface area (Å²) in [5.74, 6) is 0.528. The fraction of sp³-hybridized carbons (Fsp3) is 0.182. The van der Waals surface area contributed by atoms with Crippen LogP contribution in [0.3, 0.4) is 0 Å². The zero-order valence-corrected chi connectivity index (χ0v) is 8.60. The van der Waals surface area contributed by atoms with Crippen molar-refractivity contribution in [3.05, 3.63) is 42.5 Å². The van der Waals surface area contributed by atoms with Crippen LogP contribution < -0.4 is 0 Å². The van der Waals surface area contributed by atoms with E-state index in [1.807, 2.05) is 0 Å². The van der Waals surface area contributed by atoms with Crippen LogP contribution in [0.15, 0.2) is 36.7 Å². The van der Waals surface area contributed by atoms with Crippen molar-refractivity contribution in [2.75, 3.05) is 13.2 Å². The second kappa shape index (κ2) is 6.71. The Labute approximate surface area is 92.4 Å². The van der Waals surface area contributed by atoms with Crippen LogP contribution in [0.4, 0.5) is 4.39 Å². The molecule has 0 fully saturated rings. The van der Waals surface area contributed by atoms with Crippen molar-refractivity contribution in [2.45, 2.75) is 0 Å². The largest absolute Gasteiger partial charge is 0.394 e. The Morgan fingerprint density at radius 2 is 1.75 bits per heavy atom. The van der Waals surface area contributed by atoms with Gasteiger partial charge in [-0.15, -0.1) is 0 Å². The molecule has 86 valence electrons. The summed E-state index contributed by atoms with van der Waals surface area (Å²) in [4.78, 5) is 6.98. The van der Waals surface area contributed by atoms with Crippen molar-refractivity contribution in [3.8, 4) is 11.4 Å². The maximum Gasteiger partial charge on any atom is 0.137 e. The van der Waals surface area contributed by atoms with Crippen LogP contribution >= 0.6 is 0 Å². The second-order valence-corrected chi connectivity index (χ2v) is 2.89. The number of hydrogen-bond donors (Lipinski definition) is 3. The number of rotatable bonds is 2. The number of benzene rings is 1. The average Bonchev–Trinajstić information content (AvgIpc) is 2.84. The molecule has 3 N–H and O–H groups in total. The Morgan fingerprint density at radius 1 is 1.12 bits per heavy atom. The highest BCUT2D eigenvalue weighted by molar-refractivity contribution is 5.54. The lowest BCUT2D eigenvalue weighted by Gasteiger charge is -1.94. The number of H-pyrrole nitrogens is 1. The highest BCUT2D eigenvalue weighted by Crippen LogP contribution is 2.13. The monoisotopic (exact) mass is 224 g/mol. The van der Waals surface area contributed by atoms with Crippen molar-refractivity contribution in [3.63, 3.8) is 0 Å². The summed E-state index contributed by atoms with van der Waals surface area (Å²) in [6.45, 7) is -0.250. The summed E-state index contributed by atoms with van der Waals surface area (Å²) in [7, 11) is 0. The standard InChI is InChI=1S/C9H7FN2.C2H6O2/c10-8-3-1-7(2-4-8)9-11-5-6-12-9;3-1-2-4/h1-6H,(H,11,12);3-4H,1-2H2. The minimum Gasteiger partial charge on any atom is -0.394 e. The molecule has 0 radical (unpaired) electrons. The first-order chi connectivity index (χ1) is 7.77. The zero-order chi connectivity index (χ0) is 11.8. The van der Waals surface area contributed by atoms with Gasteiger partial charge in [-0.1, -0.05) is 0 Å². The minimum atomic E-state index is -0.231. The van der Waals surface area contributed by atoms with Crippen LogP contribution in [-0.2, 0) is 0 Å². The van der Waals surface area contributed by atoms with Crippen LogP contribution in [0.1, 0.15) is 0 Å².